The number of carboxylic acids is 1. The van der Waals surface area contributed by atoms with Crippen molar-refractivity contribution in [1.82, 2.24) is 5.32 Å². The zero-order chi connectivity index (χ0) is 17.9. The van der Waals surface area contributed by atoms with Gasteiger partial charge in [0.1, 0.15) is 11.9 Å². The molecule has 9 heteroatoms. The zero-order valence-electron chi connectivity index (χ0n) is 12.7. The number of rotatable bonds is 6. The van der Waals surface area contributed by atoms with Gasteiger partial charge in [0, 0.05) is 19.1 Å². The molecular formula is C15H15FN2O5S. The van der Waals surface area contributed by atoms with Gasteiger partial charge in [0.25, 0.3) is 0 Å². The van der Waals surface area contributed by atoms with E-state index in [4.69, 9.17) is 5.11 Å². The molecule has 1 fully saturated rings. The first-order chi connectivity index (χ1) is 11.3. The van der Waals surface area contributed by atoms with E-state index in [9.17, 15) is 23.6 Å². The Balaban J connectivity index is 2.06. The summed E-state index contributed by atoms with van der Waals surface area (Å²) in [6, 6.07) is 3.97. The normalized spacial score (nSPS) is 18.6. The number of hydrogen-bond acceptors (Lipinski definition) is 5. The van der Waals surface area contributed by atoms with Gasteiger partial charge >= 0.3 is 5.97 Å². The fraction of sp³-hybridized carbons (Fsp3) is 0.333. The van der Waals surface area contributed by atoms with Crippen LogP contribution in [-0.2, 0) is 19.2 Å². The number of nitrogens with zero attached hydrogens (tertiary/aromatic N) is 1. The van der Waals surface area contributed by atoms with Gasteiger partial charge < -0.3 is 10.4 Å². The van der Waals surface area contributed by atoms with Crippen molar-refractivity contribution in [2.75, 3.05) is 10.7 Å². The van der Waals surface area contributed by atoms with Crippen LogP contribution in [0, 0.1) is 5.82 Å². The summed E-state index contributed by atoms with van der Waals surface area (Å²) in [5, 5.41) is 10.5. The Labute approximate surface area is 141 Å². The molecule has 3 amide bonds. The lowest BCUT2D eigenvalue weighted by molar-refractivity contribution is -0.140. The molecule has 2 atom stereocenters. The number of carbonyl (C=O) groups excluding carboxylic acids is 3. The molecule has 0 radical (unpaired) electrons. The molecule has 0 aromatic heterocycles. The van der Waals surface area contributed by atoms with Crippen LogP contribution in [0.5, 0.6) is 0 Å². The van der Waals surface area contributed by atoms with E-state index in [-0.39, 0.29) is 17.9 Å². The predicted molar refractivity (Wildman–Crippen MR) is 85.0 cm³/mol. The van der Waals surface area contributed by atoms with Gasteiger partial charge in [0.2, 0.25) is 17.7 Å². The average molecular weight is 354 g/mol. The minimum absolute atomic E-state index is 0.0599. The molecule has 1 aromatic rings. The highest BCUT2D eigenvalue weighted by Crippen LogP contribution is 2.30. The summed E-state index contributed by atoms with van der Waals surface area (Å²) in [7, 11) is 0. The Kier molecular flexibility index (Phi) is 5.55. The van der Waals surface area contributed by atoms with Gasteiger partial charge in [-0.15, -0.1) is 11.8 Å². The largest absolute Gasteiger partial charge is 0.480 e. The molecule has 1 aromatic carbocycles. The smallest absolute Gasteiger partial charge is 0.327 e. The van der Waals surface area contributed by atoms with E-state index in [1.807, 2.05) is 0 Å². The maximum atomic E-state index is 13.3. The van der Waals surface area contributed by atoms with Crippen molar-refractivity contribution in [3.63, 3.8) is 0 Å². The number of hydrogen-bond donors (Lipinski definition) is 2. The van der Waals surface area contributed by atoms with Gasteiger partial charge in [0.15, 0.2) is 0 Å². The summed E-state index contributed by atoms with van der Waals surface area (Å²) >= 11 is 0.976. The lowest BCUT2D eigenvalue weighted by atomic mass is 10.3. The molecule has 1 aliphatic rings. The highest BCUT2D eigenvalue weighted by molar-refractivity contribution is 8.00. The third-order valence-electron chi connectivity index (χ3n) is 3.31. The highest BCUT2D eigenvalue weighted by atomic mass is 32.2. The van der Waals surface area contributed by atoms with Gasteiger partial charge in [-0.1, -0.05) is 6.07 Å². The molecule has 7 nitrogen and oxygen atoms in total. The van der Waals surface area contributed by atoms with Crippen molar-refractivity contribution >= 4 is 41.1 Å². The van der Waals surface area contributed by atoms with Crippen molar-refractivity contribution < 1.29 is 28.7 Å². The average Bonchev–Trinajstić information content (AvgIpc) is 2.77. The number of benzene rings is 1. The second-order valence-corrected chi connectivity index (χ2v) is 6.40. The third-order valence-corrected chi connectivity index (χ3v) is 4.61. The number of carbonyl (C=O) groups is 4. The fourth-order valence-corrected chi connectivity index (χ4v) is 3.41. The number of halogens is 1. The first-order valence-electron chi connectivity index (χ1n) is 7.03. The number of imide groups is 1. The molecular weight excluding hydrogens is 339 g/mol. The Morgan fingerprint density at radius 2 is 2.17 bits per heavy atom. The summed E-state index contributed by atoms with van der Waals surface area (Å²) in [5.74, 6) is -3.36. The van der Waals surface area contributed by atoms with E-state index < -0.39 is 40.8 Å². The molecule has 128 valence electrons. The van der Waals surface area contributed by atoms with Gasteiger partial charge in [-0.05, 0) is 18.2 Å². The summed E-state index contributed by atoms with van der Waals surface area (Å²) < 4.78 is 13.3. The quantitative estimate of drug-likeness (QED) is 0.732. The number of aliphatic carboxylic acids is 1. The minimum Gasteiger partial charge on any atom is -0.480 e. The summed E-state index contributed by atoms with van der Waals surface area (Å²) in [4.78, 5) is 47.4. The summed E-state index contributed by atoms with van der Waals surface area (Å²) in [6.45, 7) is 1.19. The lowest BCUT2D eigenvalue weighted by Crippen LogP contribution is -2.42. The van der Waals surface area contributed by atoms with Crippen LogP contribution in [0.4, 0.5) is 10.1 Å². The van der Waals surface area contributed by atoms with Crippen LogP contribution < -0.4 is 10.2 Å². The molecule has 0 saturated carbocycles. The van der Waals surface area contributed by atoms with E-state index >= 15 is 0 Å². The Morgan fingerprint density at radius 1 is 1.46 bits per heavy atom. The van der Waals surface area contributed by atoms with Crippen LogP contribution in [-0.4, -0.2) is 45.8 Å². The van der Waals surface area contributed by atoms with E-state index in [1.54, 1.807) is 0 Å². The molecule has 0 unspecified atom stereocenters. The van der Waals surface area contributed by atoms with Gasteiger partial charge in [0.05, 0.1) is 10.9 Å². The van der Waals surface area contributed by atoms with Crippen molar-refractivity contribution in [2.45, 2.75) is 24.6 Å². The topological polar surface area (TPSA) is 104 Å². The number of carboxylic acid groups (broad SMARTS) is 1. The molecule has 2 N–H and O–H groups in total. The molecule has 2 rings (SSSR count). The summed E-state index contributed by atoms with van der Waals surface area (Å²) in [5.41, 5.74) is 0.143. The first-order valence-corrected chi connectivity index (χ1v) is 8.08. The minimum atomic E-state index is -1.23. The van der Waals surface area contributed by atoms with Crippen molar-refractivity contribution in [2.24, 2.45) is 0 Å². The molecule has 0 bridgehead atoms. The number of anilines is 1. The monoisotopic (exact) mass is 354 g/mol. The second kappa shape index (κ2) is 7.43. The summed E-state index contributed by atoms with van der Waals surface area (Å²) in [6.07, 6.45) is -0.105. The van der Waals surface area contributed by atoms with Gasteiger partial charge in [-0.25, -0.2) is 14.1 Å². The Bertz CT molecular complexity index is 696. The highest BCUT2D eigenvalue weighted by Gasteiger charge is 2.40. The number of nitrogens with one attached hydrogen (secondary N) is 1. The first kappa shape index (κ1) is 17.9. The maximum Gasteiger partial charge on any atom is 0.327 e. The Morgan fingerprint density at radius 3 is 2.75 bits per heavy atom. The SMILES string of the molecule is CC(=O)N[C@@H](CS[C@H]1CC(=O)N(c2cccc(F)c2)C1=O)C(=O)O. The maximum absolute atomic E-state index is 13.3. The molecule has 0 aliphatic carbocycles. The fourth-order valence-electron chi connectivity index (χ4n) is 2.25. The molecule has 1 saturated heterocycles. The van der Waals surface area contributed by atoms with Crippen molar-refractivity contribution in [3.05, 3.63) is 30.1 Å². The van der Waals surface area contributed by atoms with Crippen LogP contribution in [0.15, 0.2) is 24.3 Å². The molecule has 24 heavy (non-hydrogen) atoms. The molecule has 0 spiro atoms. The molecule has 1 heterocycles. The van der Waals surface area contributed by atoms with Crippen LogP contribution in [0.1, 0.15) is 13.3 Å². The van der Waals surface area contributed by atoms with Crippen LogP contribution in [0.2, 0.25) is 0 Å². The van der Waals surface area contributed by atoms with Gasteiger partial charge in [-0.3, -0.25) is 14.4 Å². The van der Waals surface area contributed by atoms with E-state index in [0.717, 1.165) is 22.7 Å². The number of amides is 3. The van der Waals surface area contributed by atoms with Crippen LogP contribution >= 0.6 is 11.8 Å². The van der Waals surface area contributed by atoms with E-state index in [0.29, 0.717) is 0 Å². The number of thioether (sulfide) groups is 1. The molecule has 1 aliphatic heterocycles. The van der Waals surface area contributed by atoms with E-state index in [1.165, 1.54) is 25.1 Å². The second-order valence-electron chi connectivity index (χ2n) is 5.16. The lowest BCUT2D eigenvalue weighted by Gasteiger charge is -2.16. The van der Waals surface area contributed by atoms with Crippen LogP contribution in [0.3, 0.4) is 0 Å². The van der Waals surface area contributed by atoms with E-state index in [2.05, 4.69) is 5.32 Å². The predicted octanol–water partition coefficient (Wildman–Crippen LogP) is 0.780. The van der Waals surface area contributed by atoms with Crippen molar-refractivity contribution in [3.8, 4) is 0 Å². The van der Waals surface area contributed by atoms with Gasteiger partial charge in [-0.2, -0.15) is 0 Å². The van der Waals surface area contributed by atoms with Crippen molar-refractivity contribution in [1.29, 1.82) is 0 Å². The zero-order valence-corrected chi connectivity index (χ0v) is 13.5. The Hall–Kier alpha value is -2.42. The third kappa shape index (κ3) is 4.10. The van der Waals surface area contributed by atoms with Crippen LogP contribution in [0.25, 0.3) is 0 Å². The standard InChI is InChI=1S/C15H15FN2O5S/c1-8(19)17-11(15(22)23)7-24-12-6-13(20)18(14(12)21)10-4-2-3-9(16)5-10/h2-5,11-12H,6-7H2,1H3,(H,17,19)(H,22,23)/t11-,12-/m0/s1.